The summed E-state index contributed by atoms with van der Waals surface area (Å²) in [5, 5.41) is 3.62. The lowest BCUT2D eigenvalue weighted by Gasteiger charge is -2.45. The van der Waals surface area contributed by atoms with Crippen LogP contribution in [0.3, 0.4) is 0 Å². The van der Waals surface area contributed by atoms with E-state index >= 15 is 0 Å². The molecule has 0 radical (unpaired) electrons. The van der Waals surface area contributed by atoms with Gasteiger partial charge in [0.05, 0.1) is 0 Å². The third-order valence-corrected chi connectivity index (χ3v) is 5.16. The van der Waals surface area contributed by atoms with Crippen molar-refractivity contribution in [2.45, 2.75) is 32.2 Å². The van der Waals surface area contributed by atoms with Crippen molar-refractivity contribution in [2.75, 3.05) is 45.2 Å². The molecular weight excluding hydrogens is 258 g/mol. The lowest BCUT2D eigenvalue weighted by atomic mass is 9.74. The zero-order chi connectivity index (χ0) is 14.7. The molecule has 0 bridgehead atoms. The van der Waals surface area contributed by atoms with Crippen LogP contribution in [0.25, 0.3) is 0 Å². The molecular formula is C18H29N3. The van der Waals surface area contributed by atoms with Crippen LogP contribution in [0.2, 0.25) is 0 Å². The summed E-state index contributed by atoms with van der Waals surface area (Å²) in [6, 6.07) is 9.04. The van der Waals surface area contributed by atoms with Crippen LogP contribution in [0.5, 0.6) is 0 Å². The van der Waals surface area contributed by atoms with E-state index in [0.717, 1.165) is 6.54 Å². The van der Waals surface area contributed by atoms with Gasteiger partial charge in [0.25, 0.3) is 0 Å². The van der Waals surface area contributed by atoms with Crippen molar-refractivity contribution in [3.8, 4) is 0 Å². The monoisotopic (exact) mass is 287 g/mol. The average Bonchev–Trinajstić information content (AvgIpc) is 2.49. The second-order valence-electron chi connectivity index (χ2n) is 7.16. The summed E-state index contributed by atoms with van der Waals surface area (Å²) in [6.07, 6.45) is 5.54. The second kappa shape index (κ2) is 6.37. The Labute approximate surface area is 129 Å². The Morgan fingerprint density at radius 1 is 1.14 bits per heavy atom. The number of rotatable bonds is 3. The molecule has 0 aliphatic carbocycles. The van der Waals surface area contributed by atoms with Crippen LogP contribution in [0.15, 0.2) is 24.3 Å². The maximum atomic E-state index is 3.62. The molecule has 0 saturated carbocycles. The van der Waals surface area contributed by atoms with E-state index in [4.69, 9.17) is 0 Å². The van der Waals surface area contributed by atoms with Gasteiger partial charge in [0.15, 0.2) is 0 Å². The molecule has 2 aliphatic rings. The van der Waals surface area contributed by atoms with E-state index in [1.165, 1.54) is 63.1 Å². The molecule has 3 heteroatoms. The normalized spacial score (nSPS) is 27.0. The number of anilines is 1. The van der Waals surface area contributed by atoms with Crippen molar-refractivity contribution in [3.05, 3.63) is 29.8 Å². The van der Waals surface area contributed by atoms with Gasteiger partial charge >= 0.3 is 0 Å². The smallest absolute Gasteiger partial charge is 0.0361 e. The summed E-state index contributed by atoms with van der Waals surface area (Å²) in [5.74, 6) is 0. The van der Waals surface area contributed by atoms with E-state index in [-0.39, 0.29) is 0 Å². The van der Waals surface area contributed by atoms with Crippen LogP contribution in [-0.4, -0.2) is 45.2 Å². The molecule has 1 aromatic rings. The molecule has 3 nitrogen and oxygen atoms in total. The van der Waals surface area contributed by atoms with Crippen LogP contribution >= 0.6 is 0 Å². The minimum absolute atomic E-state index is 0.556. The fourth-order valence-electron chi connectivity index (χ4n) is 3.98. The molecule has 3 rings (SSSR count). The lowest BCUT2D eigenvalue weighted by Crippen LogP contribution is -2.50. The van der Waals surface area contributed by atoms with Gasteiger partial charge in [0.1, 0.15) is 0 Å². The highest BCUT2D eigenvalue weighted by atomic mass is 15.1. The maximum absolute atomic E-state index is 3.62. The van der Waals surface area contributed by atoms with Gasteiger partial charge in [0, 0.05) is 39.4 Å². The van der Waals surface area contributed by atoms with Gasteiger partial charge in [-0.05, 0) is 61.9 Å². The van der Waals surface area contributed by atoms with Crippen LogP contribution in [0, 0.1) is 5.41 Å². The molecule has 0 amide bonds. The Balaban J connectivity index is 1.61. The summed E-state index contributed by atoms with van der Waals surface area (Å²) in [5.41, 5.74) is 3.28. The fourth-order valence-corrected chi connectivity index (χ4v) is 3.98. The minimum atomic E-state index is 0.556. The van der Waals surface area contributed by atoms with Gasteiger partial charge < -0.3 is 10.2 Å². The number of hydrogen-bond acceptors (Lipinski definition) is 3. The van der Waals surface area contributed by atoms with Crippen LogP contribution < -0.4 is 10.2 Å². The van der Waals surface area contributed by atoms with Gasteiger partial charge in [-0.1, -0.05) is 12.1 Å². The molecule has 1 atom stereocenters. The van der Waals surface area contributed by atoms with E-state index in [9.17, 15) is 0 Å². The van der Waals surface area contributed by atoms with E-state index in [1.54, 1.807) is 0 Å². The summed E-state index contributed by atoms with van der Waals surface area (Å²) < 4.78 is 0. The van der Waals surface area contributed by atoms with Gasteiger partial charge in [-0.2, -0.15) is 0 Å². The summed E-state index contributed by atoms with van der Waals surface area (Å²) in [7, 11) is 4.19. The van der Waals surface area contributed by atoms with Crippen molar-refractivity contribution in [2.24, 2.45) is 5.41 Å². The molecule has 116 valence electrons. The lowest BCUT2D eigenvalue weighted by molar-refractivity contribution is 0.0601. The Morgan fingerprint density at radius 2 is 1.90 bits per heavy atom. The molecule has 1 aromatic carbocycles. The van der Waals surface area contributed by atoms with Gasteiger partial charge in [-0.15, -0.1) is 0 Å². The Hall–Kier alpha value is -1.06. The fraction of sp³-hybridized carbons (Fsp3) is 0.667. The first-order valence-electron chi connectivity index (χ1n) is 8.36. The standard InChI is InChI=1S/C18H29N3/c1-20(2)17-7-5-16(6-8-17)13-21-12-4-10-18(15-21)9-3-11-19-14-18/h5-8,19H,3-4,9-15H2,1-2H3. The first-order valence-corrected chi connectivity index (χ1v) is 8.36. The van der Waals surface area contributed by atoms with Crippen LogP contribution in [0.4, 0.5) is 5.69 Å². The highest BCUT2D eigenvalue weighted by molar-refractivity contribution is 5.45. The first kappa shape index (κ1) is 14.9. The molecule has 2 fully saturated rings. The molecule has 2 aliphatic heterocycles. The summed E-state index contributed by atoms with van der Waals surface area (Å²) in [6.45, 7) is 6.08. The number of nitrogens with one attached hydrogen (secondary N) is 1. The third kappa shape index (κ3) is 3.58. The van der Waals surface area contributed by atoms with Crippen molar-refractivity contribution in [1.82, 2.24) is 10.2 Å². The maximum Gasteiger partial charge on any atom is 0.0361 e. The predicted molar refractivity (Wildman–Crippen MR) is 89.8 cm³/mol. The third-order valence-electron chi connectivity index (χ3n) is 5.16. The van der Waals surface area contributed by atoms with Crippen molar-refractivity contribution in [1.29, 1.82) is 0 Å². The van der Waals surface area contributed by atoms with Crippen LogP contribution in [-0.2, 0) is 6.54 Å². The van der Waals surface area contributed by atoms with E-state index in [2.05, 4.69) is 53.5 Å². The highest BCUT2D eigenvalue weighted by Crippen LogP contribution is 2.36. The SMILES string of the molecule is CN(C)c1ccc(CN2CCCC3(CCCNC3)C2)cc1. The van der Waals surface area contributed by atoms with Crippen LogP contribution in [0.1, 0.15) is 31.2 Å². The van der Waals surface area contributed by atoms with E-state index < -0.39 is 0 Å². The predicted octanol–water partition coefficient (Wildman–Crippen LogP) is 2.72. The minimum Gasteiger partial charge on any atom is -0.378 e. The molecule has 1 N–H and O–H groups in total. The van der Waals surface area contributed by atoms with Crippen molar-refractivity contribution < 1.29 is 0 Å². The molecule has 21 heavy (non-hydrogen) atoms. The Kier molecular flexibility index (Phi) is 4.51. The number of hydrogen-bond donors (Lipinski definition) is 1. The quantitative estimate of drug-likeness (QED) is 0.922. The number of benzene rings is 1. The number of likely N-dealkylation sites (tertiary alicyclic amines) is 1. The summed E-state index contributed by atoms with van der Waals surface area (Å²) >= 11 is 0. The average molecular weight is 287 g/mol. The topological polar surface area (TPSA) is 18.5 Å². The molecule has 2 saturated heterocycles. The zero-order valence-electron chi connectivity index (χ0n) is 13.6. The summed E-state index contributed by atoms with van der Waals surface area (Å²) in [4.78, 5) is 4.83. The van der Waals surface area contributed by atoms with Gasteiger partial charge in [-0.25, -0.2) is 0 Å². The van der Waals surface area contributed by atoms with Crippen molar-refractivity contribution in [3.63, 3.8) is 0 Å². The molecule has 2 heterocycles. The largest absolute Gasteiger partial charge is 0.378 e. The van der Waals surface area contributed by atoms with Gasteiger partial charge in [0.2, 0.25) is 0 Å². The molecule has 0 aromatic heterocycles. The Bertz CT molecular complexity index is 441. The van der Waals surface area contributed by atoms with Crippen molar-refractivity contribution >= 4 is 5.69 Å². The first-order chi connectivity index (χ1) is 10.2. The molecule has 1 unspecified atom stereocenters. The Morgan fingerprint density at radius 3 is 2.57 bits per heavy atom. The number of piperidine rings is 2. The molecule has 1 spiro atoms. The second-order valence-corrected chi connectivity index (χ2v) is 7.16. The highest BCUT2D eigenvalue weighted by Gasteiger charge is 2.36. The zero-order valence-corrected chi connectivity index (χ0v) is 13.6. The van der Waals surface area contributed by atoms with E-state index in [1.807, 2.05) is 0 Å². The number of nitrogens with zero attached hydrogens (tertiary/aromatic N) is 2. The van der Waals surface area contributed by atoms with E-state index in [0.29, 0.717) is 5.41 Å². The van der Waals surface area contributed by atoms with Gasteiger partial charge in [-0.3, -0.25) is 4.90 Å².